The van der Waals surface area contributed by atoms with Gasteiger partial charge in [-0.2, -0.15) is 0 Å². The highest BCUT2D eigenvalue weighted by Gasteiger charge is 2.08. The number of nitrogens with two attached hydrogens (primary N) is 1. The molecule has 20 heavy (non-hydrogen) atoms. The number of nitrogens with one attached hydrogen (secondary N) is 1. The number of amides is 1. The number of anilines is 1. The molecule has 0 aliphatic rings. The Balaban J connectivity index is 1.91. The van der Waals surface area contributed by atoms with Crippen LogP contribution in [0.3, 0.4) is 0 Å². The molecule has 0 aliphatic carbocycles. The Kier molecular flexibility index (Phi) is 4.76. The van der Waals surface area contributed by atoms with Crippen molar-refractivity contribution in [3.05, 3.63) is 51.9 Å². The lowest BCUT2D eigenvalue weighted by Gasteiger charge is -2.07. The first-order valence-corrected chi connectivity index (χ1v) is 6.61. The van der Waals surface area contributed by atoms with Crippen LogP contribution in [0, 0.1) is 0 Å². The zero-order valence-corrected chi connectivity index (χ0v) is 11.9. The van der Waals surface area contributed by atoms with Crippen molar-refractivity contribution in [1.82, 2.24) is 15.3 Å². The fraction of sp³-hybridized carbons (Fsp3) is 0.154. The molecule has 5 nitrogen and oxygen atoms in total. The number of benzene rings is 1. The Morgan fingerprint density at radius 1 is 1.30 bits per heavy atom. The first-order valence-electron chi connectivity index (χ1n) is 5.86. The number of nitrogen functional groups attached to an aromatic ring is 1. The van der Waals surface area contributed by atoms with Crippen LogP contribution >= 0.6 is 23.2 Å². The molecular weight excluding hydrogens is 299 g/mol. The van der Waals surface area contributed by atoms with Crippen molar-refractivity contribution in [2.24, 2.45) is 0 Å². The zero-order chi connectivity index (χ0) is 14.5. The summed E-state index contributed by atoms with van der Waals surface area (Å²) >= 11 is 11.9. The molecule has 3 N–H and O–H groups in total. The minimum atomic E-state index is -0.324. The summed E-state index contributed by atoms with van der Waals surface area (Å²) in [5.41, 5.74) is 6.57. The molecule has 0 saturated heterocycles. The van der Waals surface area contributed by atoms with E-state index in [9.17, 15) is 4.79 Å². The molecule has 1 aromatic carbocycles. The van der Waals surface area contributed by atoms with Gasteiger partial charge in [0.1, 0.15) is 11.5 Å². The Hall–Kier alpha value is -1.85. The van der Waals surface area contributed by atoms with Gasteiger partial charge in [-0.25, -0.2) is 4.98 Å². The van der Waals surface area contributed by atoms with Gasteiger partial charge in [0.05, 0.1) is 12.4 Å². The smallest absolute Gasteiger partial charge is 0.271 e. The predicted octanol–water partition coefficient (Wildman–Crippen LogP) is 2.34. The maximum Gasteiger partial charge on any atom is 0.271 e. The predicted molar refractivity (Wildman–Crippen MR) is 78.9 cm³/mol. The number of rotatable bonds is 4. The summed E-state index contributed by atoms with van der Waals surface area (Å²) in [6.07, 6.45) is 3.34. The first-order chi connectivity index (χ1) is 9.56. The van der Waals surface area contributed by atoms with Crippen LogP contribution in [0.15, 0.2) is 30.6 Å². The van der Waals surface area contributed by atoms with E-state index in [2.05, 4.69) is 15.3 Å². The van der Waals surface area contributed by atoms with Crippen LogP contribution in [-0.4, -0.2) is 22.4 Å². The fourth-order valence-corrected chi connectivity index (χ4v) is 2.12. The second-order valence-corrected chi connectivity index (χ2v) is 4.91. The van der Waals surface area contributed by atoms with Gasteiger partial charge in [-0.05, 0) is 24.1 Å². The van der Waals surface area contributed by atoms with Gasteiger partial charge in [-0.3, -0.25) is 9.78 Å². The standard InChI is InChI=1S/C13H12Cl2N4O/c14-9-2-1-8(10(15)5-9)3-4-18-13(20)11-6-17-7-12(16)19-11/h1-2,5-7H,3-4H2,(H2,16,19)(H,18,20). The molecule has 0 aliphatic heterocycles. The van der Waals surface area contributed by atoms with Crippen LogP contribution in [-0.2, 0) is 6.42 Å². The third kappa shape index (κ3) is 3.82. The number of halogens is 2. The number of carbonyl (C=O) groups excluding carboxylic acids is 1. The van der Waals surface area contributed by atoms with Crippen LogP contribution < -0.4 is 11.1 Å². The number of hydrogen-bond donors (Lipinski definition) is 2. The Labute approximate surface area is 126 Å². The average Bonchev–Trinajstić information content (AvgIpc) is 2.41. The third-order valence-electron chi connectivity index (χ3n) is 2.58. The average molecular weight is 311 g/mol. The topological polar surface area (TPSA) is 80.9 Å². The molecule has 0 fully saturated rings. The van der Waals surface area contributed by atoms with Gasteiger partial charge >= 0.3 is 0 Å². The van der Waals surface area contributed by atoms with Crippen LogP contribution in [0.4, 0.5) is 5.82 Å². The van der Waals surface area contributed by atoms with E-state index in [1.807, 2.05) is 6.07 Å². The van der Waals surface area contributed by atoms with Crippen molar-refractivity contribution < 1.29 is 4.79 Å². The highest BCUT2D eigenvalue weighted by molar-refractivity contribution is 6.35. The van der Waals surface area contributed by atoms with Gasteiger partial charge in [0.25, 0.3) is 5.91 Å². The lowest BCUT2D eigenvalue weighted by molar-refractivity contribution is 0.0949. The number of hydrogen-bond acceptors (Lipinski definition) is 4. The second kappa shape index (κ2) is 6.54. The monoisotopic (exact) mass is 310 g/mol. The van der Waals surface area contributed by atoms with Crippen LogP contribution in [0.25, 0.3) is 0 Å². The highest BCUT2D eigenvalue weighted by Crippen LogP contribution is 2.21. The van der Waals surface area contributed by atoms with E-state index in [4.69, 9.17) is 28.9 Å². The maximum absolute atomic E-state index is 11.8. The number of carbonyl (C=O) groups is 1. The Morgan fingerprint density at radius 3 is 2.80 bits per heavy atom. The first kappa shape index (κ1) is 14.6. The summed E-state index contributed by atoms with van der Waals surface area (Å²) in [6.45, 7) is 0.427. The maximum atomic E-state index is 11.8. The molecule has 1 aromatic heterocycles. The lowest BCUT2D eigenvalue weighted by Crippen LogP contribution is -2.27. The van der Waals surface area contributed by atoms with E-state index in [-0.39, 0.29) is 17.4 Å². The van der Waals surface area contributed by atoms with Crippen LogP contribution in [0.5, 0.6) is 0 Å². The van der Waals surface area contributed by atoms with E-state index in [0.717, 1.165) is 5.56 Å². The molecule has 0 unspecified atom stereocenters. The molecule has 0 saturated carbocycles. The minimum absolute atomic E-state index is 0.187. The Morgan fingerprint density at radius 2 is 2.10 bits per heavy atom. The molecule has 0 atom stereocenters. The van der Waals surface area contributed by atoms with E-state index < -0.39 is 0 Å². The second-order valence-electron chi connectivity index (χ2n) is 4.07. The summed E-state index contributed by atoms with van der Waals surface area (Å²) in [5.74, 6) is -0.117. The van der Waals surface area contributed by atoms with Gasteiger partial charge in [-0.15, -0.1) is 0 Å². The van der Waals surface area contributed by atoms with Gasteiger partial charge in [-0.1, -0.05) is 29.3 Å². The van der Waals surface area contributed by atoms with Crippen molar-refractivity contribution in [2.45, 2.75) is 6.42 Å². The summed E-state index contributed by atoms with van der Waals surface area (Å²) in [7, 11) is 0. The van der Waals surface area contributed by atoms with E-state index in [1.165, 1.54) is 12.4 Å². The summed E-state index contributed by atoms with van der Waals surface area (Å²) in [6, 6.07) is 5.26. The van der Waals surface area contributed by atoms with Gasteiger partial charge in [0.2, 0.25) is 0 Å². The zero-order valence-electron chi connectivity index (χ0n) is 10.4. The molecule has 0 bridgehead atoms. The van der Waals surface area contributed by atoms with Crippen molar-refractivity contribution in [2.75, 3.05) is 12.3 Å². The molecule has 7 heteroatoms. The molecule has 1 amide bonds. The van der Waals surface area contributed by atoms with Crippen molar-refractivity contribution in [1.29, 1.82) is 0 Å². The van der Waals surface area contributed by atoms with E-state index in [0.29, 0.717) is 23.0 Å². The molecular formula is C13H12Cl2N4O. The highest BCUT2D eigenvalue weighted by atomic mass is 35.5. The van der Waals surface area contributed by atoms with E-state index >= 15 is 0 Å². The molecule has 0 radical (unpaired) electrons. The quantitative estimate of drug-likeness (QED) is 0.908. The molecule has 1 heterocycles. The fourth-order valence-electron chi connectivity index (χ4n) is 1.62. The molecule has 2 rings (SSSR count). The lowest BCUT2D eigenvalue weighted by atomic mass is 10.1. The minimum Gasteiger partial charge on any atom is -0.382 e. The van der Waals surface area contributed by atoms with Crippen molar-refractivity contribution in [3.63, 3.8) is 0 Å². The normalized spacial score (nSPS) is 10.3. The Bertz CT molecular complexity index is 634. The van der Waals surface area contributed by atoms with Gasteiger partial charge in [0, 0.05) is 16.6 Å². The molecule has 104 valence electrons. The molecule has 0 spiro atoms. The van der Waals surface area contributed by atoms with E-state index in [1.54, 1.807) is 12.1 Å². The molecule has 2 aromatic rings. The van der Waals surface area contributed by atoms with Crippen molar-refractivity contribution in [3.8, 4) is 0 Å². The van der Waals surface area contributed by atoms with Crippen LogP contribution in [0.2, 0.25) is 10.0 Å². The van der Waals surface area contributed by atoms with Gasteiger partial charge < -0.3 is 11.1 Å². The van der Waals surface area contributed by atoms with Crippen LogP contribution in [0.1, 0.15) is 16.1 Å². The third-order valence-corrected chi connectivity index (χ3v) is 3.17. The summed E-state index contributed by atoms with van der Waals surface area (Å²) in [4.78, 5) is 19.5. The number of aromatic nitrogens is 2. The summed E-state index contributed by atoms with van der Waals surface area (Å²) < 4.78 is 0. The number of nitrogens with zero attached hydrogens (tertiary/aromatic N) is 2. The largest absolute Gasteiger partial charge is 0.382 e. The van der Waals surface area contributed by atoms with Crippen molar-refractivity contribution >= 4 is 34.9 Å². The summed E-state index contributed by atoms with van der Waals surface area (Å²) in [5, 5.41) is 3.89. The van der Waals surface area contributed by atoms with Gasteiger partial charge in [0.15, 0.2) is 0 Å². The SMILES string of the molecule is Nc1cncc(C(=O)NCCc2ccc(Cl)cc2Cl)n1.